The van der Waals surface area contributed by atoms with Crippen molar-refractivity contribution in [2.24, 2.45) is 11.8 Å². The minimum Gasteiger partial charge on any atom is -0.467 e. The smallest absolute Gasteiger partial charge is 0.328 e. The molecule has 0 aromatic rings. The molecule has 2 aliphatic rings. The summed E-state index contributed by atoms with van der Waals surface area (Å²) in [7, 11) is 1.27. The summed E-state index contributed by atoms with van der Waals surface area (Å²) in [6.07, 6.45) is 0.477. The van der Waals surface area contributed by atoms with Gasteiger partial charge < -0.3 is 9.64 Å². The zero-order valence-corrected chi connectivity index (χ0v) is 15.7. The van der Waals surface area contributed by atoms with E-state index in [4.69, 9.17) is 4.74 Å². The van der Waals surface area contributed by atoms with Crippen molar-refractivity contribution in [3.8, 4) is 0 Å². The Morgan fingerprint density at radius 2 is 1.83 bits per heavy atom. The van der Waals surface area contributed by atoms with E-state index in [0.29, 0.717) is 19.5 Å². The first-order valence-electron chi connectivity index (χ1n) is 8.15. The minimum absolute atomic E-state index is 0.0900. The van der Waals surface area contributed by atoms with Gasteiger partial charge in [-0.2, -0.15) is 4.31 Å². The molecule has 2 saturated heterocycles. The zero-order chi connectivity index (χ0) is 18.2. The lowest BCUT2D eigenvalue weighted by molar-refractivity contribution is -0.155. The Kier molecular flexibility index (Phi) is 5.56. The Hall–Kier alpha value is -1.19. The van der Waals surface area contributed by atoms with Gasteiger partial charge in [0.1, 0.15) is 11.4 Å². The molecular formula is C15H27N3O5S. The number of esters is 1. The molecule has 1 amide bonds. The van der Waals surface area contributed by atoms with Gasteiger partial charge in [0.2, 0.25) is 15.9 Å². The van der Waals surface area contributed by atoms with Gasteiger partial charge in [0.15, 0.2) is 0 Å². The molecule has 4 atom stereocenters. The van der Waals surface area contributed by atoms with E-state index in [-0.39, 0.29) is 18.4 Å². The first kappa shape index (κ1) is 19.1. The number of likely N-dealkylation sites (N-methyl/N-ethyl adjacent to an activating group) is 2. The first-order valence-corrected chi connectivity index (χ1v) is 9.65. The second-order valence-electron chi connectivity index (χ2n) is 6.94. The molecule has 0 bridgehead atoms. The molecule has 2 heterocycles. The zero-order valence-electron chi connectivity index (χ0n) is 14.9. The molecule has 0 N–H and O–H groups in total. The van der Waals surface area contributed by atoms with E-state index in [1.54, 1.807) is 19.0 Å². The van der Waals surface area contributed by atoms with Crippen LogP contribution in [-0.2, 0) is 24.3 Å². The Bertz CT molecular complexity index is 606. The van der Waals surface area contributed by atoms with E-state index in [1.165, 1.54) is 16.3 Å². The van der Waals surface area contributed by atoms with Crippen molar-refractivity contribution >= 4 is 21.9 Å². The van der Waals surface area contributed by atoms with Crippen molar-refractivity contribution in [2.45, 2.75) is 31.7 Å². The summed E-state index contributed by atoms with van der Waals surface area (Å²) in [5.74, 6) is -1.17. The number of nitrogens with zero attached hydrogens (tertiary/aromatic N) is 3. The van der Waals surface area contributed by atoms with Crippen LogP contribution in [0.4, 0.5) is 0 Å². The van der Waals surface area contributed by atoms with Crippen LogP contribution in [-0.4, -0.2) is 86.7 Å². The number of sulfonamides is 1. The Balaban J connectivity index is 2.04. The standard InChI is InChI=1S/C15H27N3O5S/c1-10(2)13(15(20)23-5)17(4)14(19)11-6-7-18(8-11)24(21,22)12-9-16(12)3/h10-13H,6-9H2,1-5H3/t11-,12-,13-,16?/m0/s1. The highest BCUT2D eigenvalue weighted by atomic mass is 32.2. The van der Waals surface area contributed by atoms with E-state index >= 15 is 0 Å². The van der Waals surface area contributed by atoms with Crippen molar-refractivity contribution in [2.75, 3.05) is 40.8 Å². The van der Waals surface area contributed by atoms with Gasteiger partial charge in [0.25, 0.3) is 0 Å². The summed E-state index contributed by atoms with van der Waals surface area (Å²) >= 11 is 0. The van der Waals surface area contributed by atoms with E-state index < -0.39 is 33.3 Å². The summed E-state index contributed by atoms with van der Waals surface area (Å²) in [6, 6.07) is -0.664. The van der Waals surface area contributed by atoms with Crippen LogP contribution in [0.1, 0.15) is 20.3 Å². The highest BCUT2D eigenvalue weighted by Gasteiger charge is 2.48. The van der Waals surface area contributed by atoms with Gasteiger partial charge in [-0.25, -0.2) is 13.2 Å². The maximum Gasteiger partial charge on any atom is 0.328 e. The molecule has 2 fully saturated rings. The molecular weight excluding hydrogens is 334 g/mol. The minimum atomic E-state index is -3.37. The SMILES string of the molecule is COC(=O)[C@H](C(C)C)N(C)C(=O)[C@H]1CCN(S(=O)(=O)[C@H]2CN2C)C1. The normalized spacial score (nSPS) is 28.7. The molecule has 0 saturated carbocycles. The van der Waals surface area contributed by atoms with Crippen molar-refractivity contribution in [1.29, 1.82) is 0 Å². The molecule has 0 spiro atoms. The predicted octanol–water partition coefficient (Wildman–Crippen LogP) is -0.434. The number of rotatable bonds is 6. The maximum atomic E-state index is 12.7. The Morgan fingerprint density at radius 1 is 1.25 bits per heavy atom. The second-order valence-corrected chi connectivity index (χ2v) is 9.03. The summed E-state index contributed by atoms with van der Waals surface area (Å²) in [5, 5.41) is -0.456. The van der Waals surface area contributed by atoms with Crippen molar-refractivity contribution in [3.63, 3.8) is 0 Å². The van der Waals surface area contributed by atoms with Gasteiger partial charge >= 0.3 is 5.97 Å². The number of methoxy groups -OCH3 is 1. The third kappa shape index (κ3) is 3.57. The van der Waals surface area contributed by atoms with Crippen LogP contribution >= 0.6 is 0 Å². The Morgan fingerprint density at radius 3 is 2.29 bits per heavy atom. The molecule has 1 unspecified atom stereocenters. The van der Waals surface area contributed by atoms with Crippen LogP contribution < -0.4 is 0 Å². The molecule has 8 nitrogen and oxygen atoms in total. The number of hydrogen-bond acceptors (Lipinski definition) is 6. The third-order valence-corrected chi connectivity index (χ3v) is 7.09. The largest absolute Gasteiger partial charge is 0.467 e. The molecule has 2 aliphatic heterocycles. The second kappa shape index (κ2) is 6.97. The number of carbonyl (C=O) groups excluding carboxylic acids is 2. The lowest BCUT2D eigenvalue weighted by atomic mass is 10.00. The molecule has 2 rings (SSSR count). The van der Waals surface area contributed by atoms with Crippen LogP contribution in [0.5, 0.6) is 0 Å². The number of ether oxygens (including phenoxy) is 1. The summed E-state index contributed by atoms with van der Waals surface area (Å²) < 4.78 is 31.0. The fourth-order valence-corrected chi connectivity index (χ4v) is 5.25. The van der Waals surface area contributed by atoms with Crippen molar-refractivity contribution in [3.05, 3.63) is 0 Å². The Labute approximate surface area is 143 Å². The van der Waals surface area contributed by atoms with Crippen LogP contribution in [0, 0.1) is 11.8 Å². The molecule has 24 heavy (non-hydrogen) atoms. The van der Waals surface area contributed by atoms with E-state index in [1.807, 2.05) is 13.8 Å². The first-order chi connectivity index (χ1) is 11.1. The van der Waals surface area contributed by atoms with Gasteiger partial charge in [-0.15, -0.1) is 0 Å². The number of carbonyl (C=O) groups is 2. The molecule has 0 aliphatic carbocycles. The van der Waals surface area contributed by atoms with E-state index in [0.717, 1.165) is 0 Å². The van der Waals surface area contributed by atoms with E-state index in [2.05, 4.69) is 0 Å². The third-order valence-electron chi connectivity index (χ3n) is 4.85. The fourth-order valence-electron chi connectivity index (χ4n) is 3.28. The van der Waals surface area contributed by atoms with Crippen LogP contribution in [0.3, 0.4) is 0 Å². The number of hydrogen-bond donors (Lipinski definition) is 0. The summed E-state index contributed by atoms with van der Waals surface area (Å²) in [4.78, 5) is 27.8. The van der Waals surface area contributed by atoms with Crippen molar-refractivity contribution < 1.29 is 22.7 Å². The number of amides is 1. The van der Waals surface area contributed by atoms with Gasteiger partial charge in [-0.1, -0.05) is 13.8 Å². The van der Waals surface area contributed by atoms with Gasteiger partial charge in [0.05, 0.1) is 13.0 Å². The molecule has 9 heteroatoms. The quantitative estimate of drug-likeness (QED) is 0.471. The van der Waals surface area contributed by atoms with Gasteiger partial charge in [-0.3, -0.25) is 9.69 Å². The molecule has 0 aromatic carbocycles. The maximum absolute atomic E-state index is 12.7. The molecule has 0 aromatic heterocycles. The topological polar surface area (TPSA) is 87.0 Å². The summed E-state index contributed by atoms with van der Waals surface area (Å²) in [6.45, 7) is 4.76. The van der Waals surface area contributed by atoms with Crippen LogP contribution in [0.25, 0.3) is 0 Å². The lowest BCUT2D eigenvalue weighted by Crippen LogP contribution is -2.49. The highest BCUT2D eigenvalue weighted by molar-refractivity contribution is 7.90. The van der Waals surface area contributed by atoms with Gasteiger partial charge in [0, 0.05) is 26.7 Å². The summed E-state index contributed by atoms with van der Waals surface area (Å²) in [5.41, 5.74) is 0. The predicted molar refractivity (Wildman–Crippen MR) is 88.4 cm³/mol. The van der Waals surface area contributed by atoms with Crippen molar-refractivity contribution in [1.82, 2.24) is 14.1 Å². The molecule has 0 radical (unpaired) electrons. The lowest BCUT2D eigenvalue weighted by Gasteiger charge is -2.30. The average Bonchev–Trinajstić information content (AvgIpc) is 3.06. The van der Waals surface area contributed by atoms with Gasteiger partial charge in [-0.05, 0) is 19.4 Å². The fraction of sp³-hybridized carbons (Fsp3) is 0.867. The monoisotopic (exact) mass is 361 g/mol. The average molecular weight is 361 g/mol. The highest BCUT2D eigenvalue weighted by Crippen LogP contribution is 2.29. The molecule has 138 valence electrons. The van der Waals surface area contributed by atoms with Crippen LogP contribution in [0.15, 0.2) is 0 Å². The van der Waals surface area contributed by atoms with E-state index in [9.17, 15) is 18.0 Å². The van der Waals surface area contributed by atoms with Crippen LogP contribution in [0.2, 0.25) is 0 Å².